The van der Waals surface area contributed by atoms with E-state index in [4.69, 9.17) is 11.6 Å². The van der Waals surface area contributed by atoms with Gasteiger partial charge < -0.3 is 4.90 Å². The molecule has 0 spiro atoms. The van der Waals surface area contributed by atoms with Crippen LogP contribution >= 0.6 is 23.4 Å². The van der Waals surface area contributed by atoms with Gasteiger partial charge in [0.25, 0.3) is 0 Å². The maximum atomic E-state index is 12.2. The number of carbonyl (C=O) groups excluding carboxylic acids is 1. The van der Waals surface area contributed by atoms with Crippen molar-refractivity contribution in [3.05, 3.63) is 34.9 Å². The summed E-state index contributed by atoms with van der Waals surface area (Å²) in [6, 6.07) is 7.65. The third-order valence-electron chi connectivity index (χ3n) is 2.96. The molecule has 1 unspecified atom stereocenters. The fourth-order valence-electron chi connectivity index (χ4n) is 1.62. The van der Waals surface area contributed by atoms with E-state index in [1.807, 2.05) is 38.2 Å². The highest BCUT2D eigenvalue weighted by Gasteiger charge is 2.21. The lowest BCUT2D eigenvalue weighted by molar-refractivity contribution is -0.128. The monoisotopic (exact) mass is 299 g/mol. The molecule has 0 aliphatic carbocycles. The topological polar surface area (TPSA) is 20.3 Å². The Kier molecular flexibility index (Phi) is 5.75. The molecule has 1 aromatic carbocycles. The Balaban J connectivity index is 2.69. The van der Waals surface area contributed by atoms with Crippen molar-refractivity contribution in [1.82, 2.24) is 4.90 Å². The second-order valence-electron chi connectivity index (χ2n) is 5.60. The number of hydrogen-bond acceptors (Lipinski definition) is 2. The zero-order valence-electron chi connectivity index (χ0n) is 12.2. The first-order chi connectivity index (χ1) is 8.72. The summed E-state index contributed by atoms with van der Waals surface area (Å²) in [5.74, 6) is 0.627. The van der Waals surface area contributed by atoms with E-state index in [-0.39, 0.29) is 16.7 Å². The number of nitrogens with zero attached hydrogens (tertiary/aromatic N) is 1. The van der Waals surface area contributed by atoms with Gasteiger partial charge >= 0.3 is 0 Å². The van der Waals surface area contributed by atoms with Crippen LogP contribution in [0.15, 0.2) is 24.3 Å². The van der Waals surface area contributed by atoms with Gasteiger partial charge in [-0.15, -0.1) is 11.8 Å². The molecule has 0 aliphatic heterocycles. The molecular formula is C15H22ClNOS. The minimum atomic E-state index is -0.0123. The molecule has 1 atom stereocenters. The molecule has 4 heteroatoms. The van der Waals surface area contributed by atoms with E-state index in [9.17, 15) is 4.79 Å². The summed E-state index contributed by atoms with van der Waals surface area (Å²) in [5, 5.41) is 0.707. The summed E-state index contributed by atoms with van der Waals surface area (Å²) in [6.07, 6.45) is 0. The summed E-state index contributed by atoms with van der Waals surface area (Å²) in [4.78, 5) is 13.9. The van der Waals surface area contributed by atoms with Crippen molar-refractivity contribution in [2.24, 2.45) is 0 Å². The molecule has 1 aromatic rings. The van der Waals surface area contributed by atoms with Crippen molar-refractivity contribution in [2.45, 2.75) is 38.5 Å². The van der Waals surface area contributed by atoms with Gasteiger partial charge in [-0.3, -0.25) is 4.79 Å². The number of thioether (sulfide) groups is 1. The van der Waals surface area contributed by atoms with Gasteiger partial charge in [0.15, 0.2) is 0 Å². The predicted octanol–water partition coefficient (Wildman–Crippen LogP) is 4.39. The molecule has 0 heterocycles. The van der Waals surface area contributed by atoms with Crippen molar-refractivity contribution < 1.29 is 4.79 Å². The van der Waals surface area contributed by atoms with Crippen molar-refractivity contribution in [3.8, 4) is 0 Å². The minimum absolute atomic E-state index is 0.0123. The van der Waals surface area contributed by atoms with Crippen LogP contribution in [-0.2, 0) is 4.79 Å². The molecule has 0 saturated carbocycles. The van der Waals surface area contributed by atoms with Crippen molar-refractivity contribution in [2.75, 3.05) is 12.8 Å². The normalized spacial score (nSPS) is 13.2. The Labute approximate surface area is 125 Å². The molecule has 0 bridgehead atoms. The molecule has 19 heavy (non-hydrogen) atoms. The van der Waals surface area contributed by atoms with Crippen LogP contribution in [0.5, 0.6) is 0 Å². The number of amides is 1. The molecule has 2 nitrogen and oxygen atoms in total. The van der Waals surface area contributed by atoms with E-state index in [1.54, 1.807) is 16.7 Å². The molecule has 1 amide bonds. The highest BCUT2D eigenvalue weighted by molar-refractivity contribution is 8.01. The Morgan fingerprint density at radius 3 is 2.47 bits per heavy atom. The molecular weight excluding hydrogens is 278 g/mol. The van der Waals surface area contributed by atoms with Crippen LogP contribution in [0.4, 0.5) is 0 Å². The van der Waals surface area contributed by atoms with Gasteiger partial charge in [0, 0.05) is 16.8 Å². The van der Waals surface area contributed by atoms with Crippen LogP contribution in [0.3, 0.4) is 0 Å². The maximum absolute atomic E-state index is 12.2. The molecule has 1 rings (SSSR count). The third-order valence-corrected chi connectivity index (χ3v) is 4.56. The highest BCUT2D eigenvalue weighted by Crippen LogP contribution is 2.28. The zero-order valence-corrected chi connectivity index (χ0v) is 13.8. The number of carbonyl (C=O) groups is 1. The Morgan fingerprint density at radius 1 is 1.37 bits per heavy atom. The SMILES string of the molecule is CC(c1ccccc1Cl)N(C)C(=O)CSC(C)(C)C. The second kappa shape index (κ2) is 6.67. The quantitative estimate of drug-likeness (QED) is 0.822. The van der Waals surface area contributed by atoms with Crippen LogP contribution in [-0.4, -0.2) is 28.4 Å². The first-order valence-corrected chi connectivity index (χ1v) is 7.73. The summed E-state index contributed by atoms with van der Waals surface area (Å²) < 4.78 is 0.101. The van der Waals surface area contributed by atoms with E-state index in [0.29, 0.717) is 10.8 Å². The van der Waals surface area contributed by atoms with Crippen molar-refractivity contribution in [1.29, 1.82) is 0 Å². The Morgan fingerprint density at radius 2 is 1.95 bits per heavy atom. The lowest BCUT2D eigenvalue weighted by atomic mass is 10.1. The smallest absolute Gasteiger partial charge is 0.232 e. The lowest BCUT2D eigenvalue weighted by Gasteiger charge is -2.27. The maximum Gasteiger partial charge on any atom is 0.232 e. The summed E-state index contributed by atoms with van der Waals surface area (Å²) >= 11 is 7.84. The number of halogens is 1. The van der Waals surface area contributed by atoms with Crippen LogP contribution in [0.25, 0.3) is 0 Å². The number of benzene rings is 1. The Bertz CT molecular complexity index is 442. The van der Waals surface area contributed by atoms with Gasteiger partial charge in [-0.05, 0) is 18.6 Å². The predicted molar refractivity (Wildman–Crippen MR) is 84.8 cm³/mol. The van der Waals surface area contributed by atoms with Gasteiger partial charge in [-0.1, -0.05) is 50.6 Å². The first-order valence-electron chi connectivity index (χ1n) is 6.36. The second-order valence-corrected chi connectivity index (χ2v) is 7.81. The van der Waals surface area contributed by atoms with Gasteiger partial charge in [0.2, 0.25) is 5.91 Å². The van der Waals surface area contributed by atoms with Gasteiger partial charge in [-0.2, -0.15) is 0 Å². The van der Waals surface area contributed by atoms with Crippen LogP contribution < -0.4 is 0 Å². The van der Waals surface area contributed by atoms with Gasteiger partial charge in [0.1, 0.15) is 0 Å². The molecule has 0 fully saturated rings. The summed E-state index contributed by atoms with van der Waals surface area (Å²) in [7, 11) is 1.83. The Hall–Kier alpha value is -0.670. The number of rotatable bonds is 4. The fourth-order valence-corrected chi connectivity index (χ4v) is 2.67. The average Bonchev–Trinajstić information content (AvgIpc) is 2.34. The largest absolute Gasteiger partial charge is 0.338 e. The van der Waals surface area contributed by atoms with Crippen molar-refractivity contribution in [3.63, 3.8) is 0 Å². The molecule has 106 valence electrons. The first kappa shape index (κ1) is 16.4. The van der Waals surface area contributed by atoms with E-state index in [0.717, 1.165) is 5.56 Å². The lowest BCUT2D eigenvalue weighted by Crippen LogP contribution is -2.32. The third kappa shape index (κ3) is 5.07. The average molecular weight is 300 g/mol. The van der Waals surface area contributed by atoms with E-state index < -0.39 is 0 Å². The number of hydrogen-bond donors (Lipinski definition) is 0. The van der Waals surface area contributed by atoms with E-state index in [2.05, 4.69) is 20.8 Å². The molecule has 0 N–H and O–H groups in total. The minimum Gasteiger partial charge on any atom is -0.338 e. The standard InChI is InChI=1S/C15H22ClNOS/c1-11(12-8-6-7-9-13(12)16)17(5)14(18)10-19-15(2,3)4/h6-9,11H,10H2,1-5H3. The van der Waals surface area contributed by atoms with Crippen molar-refractivity contribution >= 4 is 29.3 Å². The molecule has 0 saturated heterocycles. The van der Waals surface area contributed by atoms with E-state index >= 15 is 0 Å². The molecule has 0 aliphatic rings. The highest BCUT2D eigenvalue weighted by atomic mass is 35.5. The molecule has 0 aromatic heterocycles. The zero-order chi connectivity index (χ0) is 14.6. The van der Waals surface area contributed by atoms with Crippen LogP contribution in [0.2, 0.25) is 5.02 Å². The van der Waals surface area contributed by atoms with Crippen LogP contribution in [0.1, 0.15) is 39.3 Å². The van der Waals surface area contributed by atoms with E-state index in [1.165, 1.54) is 0 Å². The summed E-state index contributed by atoms with van der Waals surface area (Å²) in [6.45, 7) is 8.34. The van der Waals surface area contributed by atoms with Gasteiger partial charge in [0.05, 0.1) is 11.8 Å². The fraction of sp³-hybridized carbons (Fsp3) is 0.533. The molecule has 0 radical (unpaired) electrons. The summed E-state index contributed by atoms with van der Waals surface area (Å²) in [5.41, 5.74) is 0.987. The van der Waals surface area contributed by atoms with Gasteiger partial charge in [-0.25, -0.2) is 0 Å². The van der Waals surface area contributed by atoms with Crippen LogP contribution in [0, 0.1) is 0 Å².